The maximum atomic E-state index is 11.5. The molecule has 5 nitrogen and oxygen atoms in total. The molecule has 1 rings (SSSR count). The fourth-order valence-corrected chi connectivity index (χ4v) is 1.62. The molecule has 0 spiro atoms. The SMILES string of the molecule is COC(=O)N1CCC(C(=O)N(C)C)C1. The number of ether oxygens (including phenoxy) is 1. The molecule has 1 aliphatic heterocycles. The summed E-state index contributed by atoms with van der Waals surface area (Å²) < 4.78 is 4.58. The lowest BCUT2D eigenvalue weighted by molar-refractivity contribution is -0.132. The van der Waals surface area contributed by atoms with Crippen molar-refractivity contribution in [2.75, 3.05) is 34.3 Å². The van der Waals surface area contributed by atoms with Gasteiger partial charge in [0.2, 0.25) is 5.91 Å². The van der Waals surface area contributed by atoms with Crippen LogP contribution in [0.5, 0.6) is 0 Å². The van der Waals surface area contributed by atoms with Gasteiger partial charge in [-0.2, -0.15) is 0 Å². The van der Waals surface area contributed by atoms with E-state index in [-0.39, 0.29) is 17.9 Å². The Morgan fingerprint density at radius 2 is 2.07 bits per heavy atom. The van der Waals surface area contributed by atoms with Gasteiger partial charge in [0.15, 0.2) is 0 Å². The average Bonchev–Trinajstić information content (AvgIpc) is 2.64. The number of rotatable bonds is 1. The summed E-state index contributed by atoms with van der Waals surface area (Å²) in [5.41, 5.74) is 0. The lowest BCUT2D eigenvalue weighted by Gasteiger charge is -2.17. The van der Waals surface area contributed by atoms with Crippen molar-refractivity contribution in [1.29, 1.82) is 0 Å². The lowest BCUT2D eigenvalue weighted by Crippen LogP contribution is -2.33. The van der Waals surface area contributed by atoms with Gasteiger partial charge in [0.1, 0.15) is 0 Å². The summed E-state index contributed by atoms with van der Waals surface area (Å²) in [7, 11) is 4.80. The number of hydrogen-bond acceptors (Lipinski definition) is 3. The first kappa shape index (κ1) is 10.8. The fourth-order valence-electron chi connectivity index (χ4n) is 1.62. The van der Waals surface area contributed by atoms with Gasteiger partial charge < -0.3 is 14.5 Å². The number of likely N-dealkylation sites (tertiary alicyclic amines) is 1. The molecule has 0 N–H and O–H groups in total. The molecule has 1 heterocycles. The molecule has 0 aliphatic carbocycles. The van der Waals surface area contributed by atoms with Crippen molar-refractivity contribution in [3.63, 3.8) is 0 Å². The van der Waals surface area contributed by atoms with Crippen LogP contribution >= 0.6 is 0 Å². The van der Waals surface area contributed by atoms with Crippen LogP contribution in [0.1, 0.15) is 6.42 Å². The van der Waals surface area contributed by atoms with Crippen LogP contribution in [-0.2, 0) is 9.53 Å². The zero-order chi connectivity index (χ0) is 10.7. The second-order valence-corrected chi connectivity index (χ2v) is 3.63. The van der Waals surface area contributed by atoms with E-state index in [0.717, 1.165) is 6.42 Å². The van der Waals surface area contributed by atoms with Crippen LogP contribution in [0, 0.1) is 5.92 Å². The maximum absolute atomic E-state index is 11.5. The van der Waals surface area contributed by atoms with E-state index < -0.39 is 0 Å². The normalized spacial score (nSPS) is 20.8. The van der Waals surface area contributed by atoms with E-state index in [1.807, 2.05) is 0 Å². The van der Waals surface area contributed by atoms with Gasteiger partial charge in [-0.1, -0.05) is 0 Å². The third-order valence-electron chi connectivity index (χ3n) is 2.41. The summed E-state index contributed by atoms with van der Waals surface area (Å²) in [5.74, 6) is 0.0144. The number of hydrogen-bond donors (Lipinski definition) is 0. The maximum Gasteiger partial charge on any atom is 0.409 e. The summed E-state index contributed by atoms with van der Waals surface area (Å²) >= 11 is 0. The Kier molecular flexibility index (Phi) is 3.33. The Morgan fingerprint density at radius 3 is 2.57 bits per heavy atom. The predicted molar refractivity (Wildman–Crippen MR) is 50.8 cm³/mol. The van der Waals surface area contributed by atoms with E-state index in [1.165, 1.54) is 7.11 Å². The number of nitrogens with zero attached hydrogens (tertiary/aromatic N) is 2. The van der Waals surface area contributed by atoms with Crippen LogP contribution in [0.2, 0.25) is 0 Å². The summed E-state index contributed by atoms with van der Waals surface area (Å²) in [5, 5.41) is 0. The molecule has 0 aromatic rings. The minimum Gasteiger partial charge on any atom is -0.453 e. The molecule has 5 heteroatoms. The Balaban J connectivity index is 2.49. The molecule has 1 unspecified atom stereocenters. The molecule has 1 fully saturated rings. The molecule has 2 amide bonds. The molecule has 0 aromatic heterocycles. The number of amides is 2. The molecule has 0 aromatic carbocycles. The van der Waals surface area contributed by atoms with E-state index in [2.05, 4.69) is 4.74 Å². The molecule has 1 atom stereocenters. The largest absolute Gasteiger partial charge is 0.453 e. The Morgan fingerprint density at radius 1 is 1.43 bits per heavy atom. The van der Waals surface area contributed by atoms with Gasteiger partial charge in [-0.15, -0.1) is 0 Å². The zero-order valence-electron chi connectivity index (χ0n) is 8.82. The summed E-state index contributed by atoms with van der Waals surface area (Å²) in [6.07, 6.45) is 0.380. The second-order valence-electron chi connectivity index (χ2n) is 3.63. The molecular weight excluding hydrogens is 184 g/mol. The molecule has 0 radical (unpaired) electrons. The highest BCUT2D eigenvalue weighted by Gasteiger charge is 2.32. The van der Waals surface area contributed by atoms with Crippen LogP contribution in [0.4, 0.5) is 4.79 Å². The highest BCUT2D eigenvalue weighted by Crippen LogP contribution is 2.18. The molecule has 1 aliphatic rings. The van der Waals surface area contributed by atoms with Crippen LogP contribution in [0.25, 0.3) is 0 Å². The lowest BCUT2D eigenvalue weighted by atomic mass is 10.1. The summed E-state index contributed by atoms with van der Waals surface area (Å²) in [6.45, 7) is 1.08. The van der Waals surface area contributed by atoms with Gasteiger partial charge in [-0.3, -0.25) is 4.79 Å². The van der Waals surface area contributed by atoms with Gasteiger partial charge in [0, 0.05) is 27.2 Å². The van der Waals surface area contributed by atoms with E-state index in [4.69, 9.17) is 0 Å². The Labute approximate surface area is 83.6 Å². The highest BCUT2D eigenvalue weighted by molar-refractivity contribution is 5.80. The quantitative estimate of drug-likeness (QED) is 0.606. The number of carbonyl (C=O) groups is 2. The van der Waals surface area contributed by atoms with Crippen molar-refractivity contribution < 1.29 is 14.3 Å². The molecule has 0 saturated carbocycles. The average molecular weight is 200 g/mol. The molecule has 0 bridgehead atoms. The topological polar surface area (TPSA) is 49.9 Å². The van der Waals surface area contributed by atoms with Crippen LogP contribution in [0.3, 0.4) is 0 Å². The molecule has 1 saturated heterocycles. The first-order valence-corrected chi connectivity index (χ1v) is 4.60. The third kappa shape index (κ3) is 2.16. The van der Waals surface area contributed by atoms with Gasteiger partial charge in [0.25, 0.3) is 0 Å². The monoisotopic (exact) mass is 200 g/mol. The summed E-state index contributed by atoms with van der Waals surface area (Å²) in [6, 6.07) is 0. The van der Waals surface area contributed by atoms with Crippen LogP contribution < -0.4 is 0 Å². The molecule has 80 valence electrons. The Bertz CT molecular complexity index is 240. The van der Waals surface area contributed by atoms with Crippen LogP contribution in [0.15, 0.2) is 0 Å². The first-order valence-electron chi connectivity index (χ1n) is 4.60. The van der Waals surface area contributed by atoms with Gasteiger partial charge in [-0.25, -0.2) is 4.79 Å². The number of carbonyl (C=O) groups excluding carboxylic acids is 2. The smallest absolute Gasteiger partial charge is 0.409 e. The summed E-state index contributed by atoms with van der Waals surface area (Å²) in [4.78, 5) is 25.8. The van der Waals surface area contributed by atoms with Gasteiger partial charge in [-0.05, 0) is 6.42 Å². The van der Waals surface area contributed by atoms with E-state index in [9.17, 15) is 9.59 Å². The van der Waals surface area contributed by atoms with Gasteiger partial charge >= 0.3 is 6.09 Å². The standard InChI is InChI=1S/C9H16N2O3/c1-10(2)8(12)7-4-5-11(6-7)9(13)14-3/h7H,4-6H2,1-3H3. The van der Waals surface area contributed by atoms with Gasteiger partial charge in [0.05, 0.1) is 13.0 Å². The van der Waals surface area contributed by atoms with Crippen LogP contribution in [-0.4, -0.2) is 56.1 Å². The highest BCUT2D eigenvalue weighted by atomic mass is 16.5. The van der Waals surface area contributed by atoms with E-state index >= 15 is 0 Å². The molecular formula is C9H16N2O3. The second kappa shape index (κ2) is 4.30. The van der Waals surface area contributed by atoms with E-state index in [1.54, 1.807) is 23.9 Å². The predicted octanol–water partition coefficient (Wildman–Crippen LogP) is 0.163. The minimum absolute atomic E-state index is 0.0656. The minimum atomic E-state index is -0.348. The van der Waals surface area contributed by atoms with Crippen molar-refractivity contribution in [3.05, 3.63) is 0 Å². The van der Waals surface area contributed by atoms with Crippen molar-refractivity contribution in [3.8, 4) is 0 Å². The van der Waals surface area contributed by atoms with Crippen molar-refractivity contribution in [2.45, 2.75) is 6.42 Å². The fraction of sp³-hybridized carbons (Fsp3) is 0.778. The van der Waals surface area contributed by atoms with Crippen molar-refractivity contribution >= 4 is 12.0 Å². The number of methoxy groups -OCH3 is 1. The Hall–Kier alpha value is -1.26. The zero-order valence-corrected chi connectivity index (χ0v) is 8.82. The van der Waals surface area contributed by atoms with E-state index in [0.29, 0.717) is 13.1 Å². The third-order valence-corrected chi connectivity index (χ3v) is 2.41. The van der Waals surface area contributed by atoms with Crippen molar-refractivity contribution in [1.82, 2.24) is 9.80 Å². The first-order chi connectivity index (χ1) is 6.56. The molecule has 14 heavy (non-hydrogen) atoms. The van der Waals surface area contributed by atoms with Crippen molar-refractivity contribution in [2.24, 2.45) is 5.92 Å².